The fourth-order valence-electron chi connectivity index (χ4n) is 2.55. The van der Waals surface area contributed by atoms with Crippen LogP contribution < -0.4 is 20.5 Å². The molecule has 2 heterocycles. The van der Waals surface area contributed by atoms with Crippen LogP contribution in [0.15, 0.2) is 36.7 Å². The molecule has 3 N–H and O–H groups in total. The average molecular weight is 339 g/mol. The molecule has 130 valence electrons. The van der Waals surface area contributed by atoms with Crippen LogP contribution in [0.5, 0.6) is 11.5 Å². The predicted molar refractivity (Wildman–Crippen MR) is 98.0 cm³/mol. The van der Waals surface area contributed by atoms with Crippen molar-refractivity contribution in [1.82, 2.24) is 15.0 Å². The first-order valence-corrected chi connectivity index (χ1v) is 8.05. The number of hydrogen-bond donors (Lipinski definition) is 2. The van der Waals surface area contributed by atoms with Crippen molar-refractivity contribution in [3.63, 3.8) is 0 Å². The van der Waals surface area contributed by atoms with Gasteiger partial charge in [-0.3, -0.25) is 4.98 Å². The zero-order valence-corrected chi connectivity index (χ0v) is 14.3. The summed E-state index contributed by atoms with van der Waals surface area (Å²) in [6, 6.07) is 7.61. The highest BCUT2D eigenvalue weighted by molar-refractivity contribution is 5.88. The van der Waals surface area contributed by atoms with E-state index in [9.17, 15) is 0 Å². The molecule has 25 heavy (non-hydrogen) atoms. The van der Waals surface area contributed by atoms with Crippen molar-refractivity contribution in [3.05, 3.63) is 36.7 Å². The summed E-state index contributed by atoms with van der Waals surface area (Å²) in [5.74, 6) is 2.02. The first kappa shape index (κ1) is 16.9. The molecule has 0 saturated carbocycles. The van der Waals surface area contributed by atoms with Crippen molar-refractivity contribution in [2.24, 2.45) is 5.73 Å². The molecule has 0 fully saturated rings. The van der Waals surface area contributed by atoms with Crippen LogP contribution in [0.1, 0.15) is 6.42 Å². The molecular formula is C18H21N5O2. The monoisotopic (exact) mass is 339 g/mol. The maximum absolute atomic E-state index is 5.57. The third-order valence-corrected chi connectivity index (χ3v) is 3.81. The van der Waals surface area contributed by atoms with Crippen molar-refractivity contribution in [1.29, 1.82) is 0 Å². The molecular weight excluding hydrogens is 318 g/mol. The van der Waals surface area contributed by atoms with Gasteiger partial charge in [-0.25, -0.2) is 9.97 Å². The van der Waals surface area contributed by atoms with Crippen LogP contribution >= 0.6 is 0 Å². The van der Waals surface area contributed by atoms with Crippen molar-refractivity contribution in [2.75, 3.05) is 32.6 Å². The number of methoxy groups -OCH3 is 2. The third-order valence-electron chi connectivity index (χ3n) is 3.81. The van der Waals surface area contributed by atoms with Gasteiger partial charge in [-0.05, 0) is 37.2 Å². The highest BCUT2D eigenvalue weighted by atomic mass is 16.5. The minimum atomic E-state index is 0.617. The quantitative estimate of drug-likeness (QED) is 0.638. The lowest BCUT2D eigenvalue weighted by Crippen LogP contribution is -2.10. The molecule has 1 aromatic carbocycles. The second-order valence-electron chi connectivity index (χ2n) is 5.42. The first-order valence-electron chi connectivity index (χ1n) is 8.05. The fraction of sp³-hybridized carbons (Fsp3) is 0.278. The van der Waals surface area contributed by atoms with Gasteiger partial charge in [-0.1, -0.05) is 0 Å². The molecule has 0 aliphatic heterocycles. The van der Waals surface area contributed by atoms with Gasteiger partial charge in [0.15, 0.2) is 17.3 Å². The Labute approximate surface area is 146 Å². The van der Waals surface area contributed by atoms with Gasteiger partial charge in [-0.15, -0.1) is 0 Å². The van der Waals surface area contributed by atoms with E-state index in [1.807, 2.05) is 24.3 Å². The highest BCUT2D eigenvalue weighted by Crippen LogP contribution is 2.33. The van der Waals surface area contributed by atoms with Gasteiger partial charge >= 0.3 is 0 Å². The normalized spacial score (nSPS) is 10.7. The van der Waals surface area contributed by atoms with Crippen LogP contribution in [-0.2, 0) is 0 Å². The molecule has 7 heteroatoms. The standard InChI is InChI=1S/C18H21N5O2/c1-24-15-5-4-12(10-16(15)25-2)13-11-14-17(21-9-8-20-14)18(23-13)22-7-3-6-19/h4-5,8-11H,3,6-7,19H2,1-2H3,(H,22,23). The Hall–Kier alpha value is -2.93. The van der Waals surface area contributed by atoms with E-state index in [1.165, 1.54) is 0 Å². The molecule has 0 radical (unpaired) electrons. The largest absolute Gasteiger partial charge is 0.493 e. The van der Waals surface area contributed by atoms with E-state index < -0.39 is 0 Å². The zero-order chi connectivity index (χ0) is 17.6. The van der Waals surface area contributed by atoms with E-state index in [-0.39, 0.29) is 0 Å². The van der Waals surface area contributed by atoms with Crippen LogP contribution in [0.4, 0.5) is 5.82 Å². The summed E-state index contributed by atoms with van der Waals surface area (Å²) in [7, 11) is 3.22. The minimum Gasteiger partial charge on any atom is -0.493 e. The highest BCUT2D eigenvalue weighted by Gasteiger charge is 2.12. The van der Waals surface area contributed by atoms with E-state index >= 15 is 0 Å². The van der Waals surface area contributed by atoms with Crippen LogP contribution in [0, 0.1) is 0 Å². The third kappa shape index (κ3) is 3.61. The van der Waals surface area contributed by atoms with Crippen LogP contribution in [0.25, 0.3) is 22.3 Å². The Kier molecular flexibility index (Phi) is 5.25. The van der Waals surface area contributed by atoms with Crippen molar-refractivity contribution in [2.45, 2.75) is 6.42 Å². The average Bonchev–Trinajstić information content (AvgIpc) is 2.67. The lowest BCUT2D eigenvalue weighted by atomic mass is 10.1. The maximum Gasteiger partial charge on any atom is 0.161 e. The summed E-state index contributed by atoms with van der Waals surface area (Å²) < 4.78 is 10.7. The summed E-state index contributed by atoms with van der Waals surface area (Å²) in [6.45, 7) is 1.34. The van der Waals surface area contributed by atoms with Gasteiger partial charge in [0, 0.05) is 24.5 Å². The number of nitrogens with one attached hydrogen (secondary N) is 1. The molecule has 0 atom stereocenters. The van der Waals surface area contributed by atoms with Gasteiger partial charge in [0.1, 0.15) is 5.52 Å². The van der Waals surface area contributed by atoms with Gasteiger partial charge in [-0.2, -0.15) is 0 Å². The summed E-state index contributed by atoms with van der Waals surface area (Å²) >= 11 is 0. The number of nitrogens with two attached hydrogens (primary N) is 1. The number of anilines is 1. The van der Waals surface area contributed by atoms with E-state index in [0.29, 0.717) is 23.9 Å². The Morgan fingerprint density at radius 1 is 1.04 bits per heavy atom. The minimum absolute atomic E-state index is 0.617. The van der Waals surface area contributed by atoms with Gasteiger partial charge < -0.3 is 20.5 Å². The molecule has 0 aliphatic carbocycles. The molecule has 0 spiro atoms. The smallest absolute Gasteiger partial charge is 0.161 e. The lowest BCUT2D eigenvalue weighted by Gasteiger charge is -2.12. The van der Waals surface area contributed by atoms with Crippen molar-refractivity contribution >= 4 is 16.9 Å². The van der Waals surface area contributed by atoms with Crippen LogP contribution in [0.3, 0.4) is 0 Å². The SMILES string of the molecule is COc1ccc(-c2cc3nccnc3c(NCCCN)n2)cc1OC. The van der Waals surface area contributed by atoms with Gasteiger partial charge in [0.2, 0.25) is 0 Å². The number of rotatable bonds is 7. The second kappa shape index (κ2) is 7.76. The van der Waals surface area contributed by atoms with Crippen LogP contribution in [0.2, 0.25) is 0 Å². The van der Waals surface area contributed by atoms with Crippen molar-refractivity contribution in [3.8, 4) is 22.8 Å². The topological polar surface area (TPSA) is 95.2 Å². The molecule has 0 amide bonds. The Bertz CT molecular complexity index is 869. The number of pyridine rings is 1. The lowest BCUT2D eigenvalue weighted by molar-refractivity contribution is 0.355. The molecule has 3 aromatic rings. The molecule has 0 aliphatic rings. The number of nitrogens with zero attached hydrogens (tertiary/aromatic N) is 3. The van der Waals surface area contributed by atoms with E-state index in [0.717, 1.165) is 35.3 Å². The number of ether oxygens (including phenoxy) is 2. The van der Waals surface area contributed by atoms with Crippen molar-refractivity contribution < 1.29 is 9.47 Å². The van der Waals surface area contributed by atoms with E-state index in [1.54, 1.807) is 26.6 Å². The predicted octanol–water partition coefficient (Wildman–Crippen LogP) is 2.47. The Balaban J connectivity index is 2.07. The fourth-order valence-corrected chi connectivity index (χ4v) is 2.55. The number of benzene rings is 1. The summed E-state index contributed by atoms with van der Waals surface area (Å²) in [4.78, 5) is 13.5. The van der Waals surface area contributed by atoms with E-state index in [4.69, 9.17) is 20.2 Å². The molecule has 7 nitrogen and oxygen atoms in total. The molecule has 0 bridgehead atoms. The summed E-state index contributed by atoms with van der Waals surface area (Å²) in [6.07, 6.45) is 4.18. The first-order chi connectivity index (χ1) is 12.3. The van der Waals surface area contributed by atoms with Gasteiger partial charge in [0.05, 0.1) is 25.4 Å². The molecule has 0 unspecified atom stereocenters. The Morgan fingerprint density at radius 2 is 1.84 bits per heavy atom. The molecule has 0 saturated heterocycles. The molecule has 2 aromatic heterocycles. The molecule has 3 rings (SSSR count). The number of fused-ring (bicyclic) bond motifs is 1. The van der Waals surface area contributed by atoms with Crippen LogP contribution in [-0.4, -0.2) is 42.3 Å². The number of aromatic nitrogens is 3. The zero-order valence-electron chi connectivity index (χ0n) is 14.3. The number of hydrogen-bond acceptors (Lipinski definition) is 7. The Morgan fingerprint density at radius 3 is 2.60 bits per heavy atom. The summed E-state index contributed by atoms with van der Waals surface area (Å²) in [5, 5.41) is 3.30. The van der Waals surface area contributed by atoms with E-state index in [2.05, 4.69) is 15.3 Å². The van der Waals surface area contributed by atoms with Gasteiger partial charge in [0.25, 0.3) is 0 Å². The second-order valence-corrected chi connectivity index (χ2v) is 5.42. The maximum atomic E-state index is 5.57. The summed E-state index contributed by atoms with van der Waals surface area (Å²) in [5.41, 5.74) is 8.78.